The van der Waals surface area contributed by atoms with E-state index in [1.165, 1.54) is 0 Å². The van der Waals surface area contributed by atoms with Crippen molar-refractivity contribution in [3.8, 4) is 0 Å². The Morgan fingerprint density at radius 2 is 1.70 bits per heavy atom. The normalized spacial score (nSPS) is 10.2. The van der Waals surface area contributed by atoms with Crippen molar-refractivity contribution < 1.29 is 26.3 Å². The van der Waals surface area contributed by atoms with Crippen molar-refractivity contribution in [2.24, 2.45) is 0 Å². The van der Waals surface area contributed by atoms with Crippen molar-refractivity contribution in [2.75, 3.05) is 0 Å². The molecule has 0 amide bonds. The van der Waals surface area contributed by atoms with Gasteiger partial charge >= 0.3 is 0 Å². The molecule has 0 unspecified atom stereocenters. The number of nitrogens with one attached hydrogen (secondary N) is 1. The molecule has 1 heterocycles. The number of para-hydroxylation sites is 2. The number of aryl methyl sites for hydroxylation is 1. The molecule has 4 heteroatoms. The van der Waals surface area contributed by atoms with Gasteiger partial charge in [0.15, 0.2) is 16.8 Å². The molecular formula is C16H15BrN2O. The van der Waals surface area contributed by atoms with Crippen molar-refractivity contribution in [1.82, 2.24) is 4.98 Å². The lowest BCUT2D eigenvalue weighted by molar-refractivity contribution is -0.669. The lowest BCUT2D eigenvalue weighted by Crippen LogP contribution is -3.00. The Hall–Kier alpha value is -1.94. The molecule has 3 rings (SSSR count). The van der Waals surface area contributed by atoms with E-state index in [1.807, 2.05) is 54.9 Å². The summed E-state index contributed by atoms with van der Waals surface area (Å²) in [6.45, 7) is 0.692. The van der Waals surface area contributed by atoms with E-state index < -0.39 is 0 Å². The summed E-state index contributed by atoms with van der Waals surface area (Å²) in [6.07, 6.45) is 2.43. The molecule has 0 fully saturated rings. The number of H-pyrrole nitrogens is 1. The zero-order chi connectivity index (χ0) is 13.1. The Kier molecular flexibility index (Phi) is 4.69. The number of aromatic nitrogens is 2. The summed E-state index contributed by atoms with van der Waals surface area (Å²) in [6, 6.07) is 17.5. The number of imidazole rings is 1. The molecule has 0 aliphatic heterocycles. The number of rotatable bonds is 4. The second kappa shape index (κ2) is 6.48. The number of hydrogen-bond donors (Lipinski definition) is 1. The Bertz CT molecular complexity index is 707. The fourth-order valence-electron chi connectivity index (χ4n) is 2.24. The van der Waals surface area contributed by atoms with Gasteiger partial charge in [-0.25, -0.2) is 9.55 Å². The van der Waals surface area contributed by atoms with E-state index in [0.29, 0.717) is 13.0 Å². The largest absolute Gasteiger partial charge is 1.00 e. The van der Waals surface area contributed by atoms with E-state index in [2.05, 4.69) is 15.6 Å². The number of ketones is 1. The van der Waals surface area contributed by atoms with Crippen LogP contribution in [0.25, 0.3) is 11.0 Å². The van der Waals surface area contributed by atoms with Crippen LogP contribution in [0, 0.1) is 0 Å². The van der Waals surface area contributed by atoms with Gasteiger partial charge in [0.05, 0.1) is 6.54 Å². The van der Waals surface area contributed by atoms with Gasteiger partial charge in [-0.2, -0.15) is 0 Å². The van der Waals surface area contributed by atoms with Crippen molar-refractivity contribution in [3.63, 3.8) is 0 Å². The highest BCUT2D eigenvalue weighted by Gasteiger charge is 2.11. The highest BCUT2D eigenvalue weighted by atomic mass is 79.9. The SMILES string of the molecule is O=C(CC[n+]1c[nH]c2ccccc21)c1ccccc1.[Br-]. The van der Waals surface area contributed by atoms with E-state index in [4.69, 9.17) is 0 Å². The van der Waals surface area contributed by atoms with Crippen LogP contribution in [0.3, 0.4) is 0 Å². The molecule has 0 radical (unpaired) electrons. The quantitative estimate of drug-likeness (QED) is 0.519. The maximum atomic E-state index is 12.1. The summed E-state index contributed by atoms with van der Waals surface area (Å²) < 4.78 is 2.08. The predicted octanol–water partition coefficient (Wildman–Crippen LogP) is -0.268. The van der Waals surface area contributed by atoms with Crippen LogP contribution in [0.1, 0.15) is 16.8 Å². The van der Waals surface area contributed by atoms with Gasteiger partial charge < -0.3 is 17.0 Å². The number of halogens is 1. The van der Waals surface area contributed by atoms with Crippen LogP contribution in [0.15, 0.2) is 60.9 Å². The minimum absolute atomic E-state index is 0. The van der Waals surface area contributed by atoms with Crippen LogP contribution < -0.4 is 21.5 Å². The third kappa shape index (κ3) is 2.96. The maximum Gasteiger partial charge on any atom is 0.242 e. The lowest BCUT2D eigenvalue weighted by Gasteiger charge is -1.99. The van der Waals surface area contributed by atoms with E-state index in [1.54, 1.807) is 0 Å². The van der Waals surface area contributed by atoms with E-state index in [9.17, 15) is 4.79 Å². The van der Waals surface area contributed by atoms with E-state index in [0.717, 1.165) is 16.6 Å². The first-order chi connectivity index (χ1) is 9.34. The molecule has 0 spiro atoms. The molecule has 2 aromatic carbocycles. The Morgan fingerprint density at radius 3 is 2.50 bits per heavy atom. The number of fused-ring (bicyclic) bond motifs is 1. The molecule has 0 bridgehead atoms. The molecular weight excluding hydrogens is 316 g/mol. The fraction of sp³-hybridized carbons (Fsp3) is 0.125. The summed E-state index contributed by atoms with van der Waals surface area (Å²) >= 11 is 0. The molecule has 0 saturated heterocycles. The molecule has 0 aliphatic rings. The van der Waals surface area contributed by atoms with Crippen LogP contribution in [0.2, 0.25) is 0 Å². The van der Waals surface area contributed by atoms with E-state index in [-0.39, 0.29) is 22.8 Å². The average molecular weight is 331 g/mol. The first kappa shape index (κ1) is 14.5. The molecule has 0 saturated carbocycles. The monoisotopic (exact) mass is 330 g/mol. The highest BCUT2D eigenvalue weighted by molar-refractivity contribution is 5.95. The molecule has 3 aromatic rings. The van der Waals surface area contributed by atoms with Gasteiger partial charge in [-0.15, -0.1) is 0 Å². The Balaban J connectivity index is 0.00000147. The van der Waals surface area contributed by atoms with Crippen LogP contribution in [0.5, 0.6) is 0 Å². The van der Waals surface area contributed by atoms with Gasteiger partial charge in [0.1, 0.15) is 0 Å². The second-order valence-electron chi connectivity index (χ2n) is 4.52. The summed E-state index contributed by atoms with van der Waals surface area (Å²) in [5, 5.41) is 0. The number of carbonyl (C=O) groups is 1. The van der Waals surface area contributed by atoms with Gasteiger partial charge in [0.25, 0.3) is 0 Å². The van der Waals surface area contributed by atoms with Crippen LogP contribution >= 0.6 is 0 Å². The number of hydrogen-bond acceptors (Lipinski definition) is 1. The number of benzene rings is 2. The standard InChI is InChI=1S/C16H14N2O.BrH/c19-16(13-6-2-1-3-7-13)10-11-18-12-17-14-8-4-5-9-15(14)18;/h1-9,12H,10-11H2;1H. The third-order valence-electron chi connectivity index (χ3n) is 3.26. The summed E-state index contributed by atoms with van der Waals surface area (Å²) in [7, 11) is 0. The van der Waals surface area contributed by atoms with Crippen LogP contribution in [-0.4, -0.2) is 10.8 Å². The molecule has 20 heavy (non-hydrogen) atoms. The van der Waals surface area contributed by atoms with Crippen LogP contribution in [-0.2, 0) is 6.54 Å². The minimum atomic E-state index is 0. The van der Waals surface area contributed by atoms with Gasteiger partial charge in [-0.05, 0) is 12.1 Å². The Morgan fingerprint density at radius 1 is 1.00 bits per heavy atom. The number of Topliss-reactive ketones (excluding diaryl/α,β-unsaturated/α-hetero) is 1. The summed E-state index contributed by atoms with van der Waals surface area (Å²) in [5.74, 6) is 0.179. The zero-order valence-electron chi connectivity index (χ0n) is 10.9. The van der Waals surface area contributed by atoms with Crippen LogP contribution in [0.4, 0.5) is 0 Å². The van der Waals surface area contributed by atoms with Crippen molar-refractivity contribution in [2.45, 2.75) is 13.0 Å². The molecule has 0 atom stereocenters. The third-order valence-corrected chi connectivity index (χ3v) is 3.26. The number of aromatic amines is 1. The topological polar surface area (TPSA) is 36.7 Å². The van der Waals surface area contributed by atoms with Crippen molar-refractivity contribution in [1.29, 1.82) is 0 Å². The predicted molar refractivity (Wildman–Crippen MR) is 73.9 cm³/mol. The number of carbonyl (C=O) groups excluding carboxylic acids is 1. The second-order valence-corrected chi connectivity index (χ2v) is 4.52. The van der Waals surface area contributed by atoms with E-state index >= 15 is 0 Å². The first-order valence-electron chi connectivity index (χ1n) is 6.38. The lowest BCUT2D eigenvalue weighted by atomic mass is 10.1. The van der Waals surface area contributed by atoms with Crippen molar-refractivity contribution in [3.05, 3.63) is 66.5 Å². The highest BCUT2D eigenvalue weighted by Crippen LogP contribution is 2.07. The minimum Gasteiger partial charge on any atom is -1.00 e. The Labute approximate surface area is 128 Å². The van der Waals surface area contributed by atoms with Gasteiger partial charge in [-0.1, -0.05) is 42.5 Å². The van der Waals surface area contributed by atoms with Gasteiger partial charge in [0, 0.05) is 12.0 Å². The summed E-state index contributed by atoms with van der Waals surface area (Å²) in [4.78, 5) is 15.3. The zero-order valence-corrected chi connectivity index (χ0v) is 12.5. The number of nitrogens with zero attached hydrogens (tertiary/aromatic N) is 1. The molecule has 0 aliphatic carbocycles. The average Bonchev–Trinajstić information content (AvgIpc) is 2.89. The van der Waals surface area contributed by atoms with Gasteiger partial charge in [0.2, 0.25) is 6.33 Å². The molecule has 1 N–H and O–H groups in total. The first-order valence-corrected chi connectivity index (χ1v) is 6.38. The molecule has 3 nitrogen and oxygen atoms in total. The van der Waals surface area contributed by atoms with Crippen molar-refractivity contribution >= 4 is 16.8 Å². The molecule has 1 aromatic heterocycles. The van der Waals surface area contributed by atoms with Gasteiger partial charge in [-0.3, -0.25) is 4.79 Å². The maximum absolute atomic E-state index is 12.1. The smallest absolute Gasteiger partial charge is 0.242 e. The fourth-order valence-corrected chi connectivity index (χ4v) is 2.24. The molecule has 102 valence electrons. The summed E-state index contributed by atoms with van der Waals surface area (Å²) in [5.41, 5.74) is 3.00.